The summed E-state index contributed by atoms with van der Waals surface area (Å²) < 4.78 is 37.6. The number of nitrogens with one attached hydrogen (secondary N) is 2. The summed E-state index contributed by atoms with van der Waals surface area (Å²) in [6.07, 6.45) is -0.893. The molecule has 1 atom stereocenters. The zero-order chi connectivity index (χ0) is 24.9. The van der Waals surface area contributed by atoms with E-state index >= 15 is 0 Å². The molecule has 4 rings (SSSR count). The van der Waals surface area contributed by atoms with Gasteiger partial charge in [-0.15, -0.1) is 16.3 Å². The molecule has 184 valence electrons. The fraction of sp³-hybridized carbons (Fsp3) is 0.476. The van der Waals surface area contributed by atoms with Crippen LogP contribution >= 0.6 is 22.9 Å². The molecule has 2 aromatic heterocycles. The number of guanidine groups is 1. The number of hydrogen-bond acceptors (Lipinski definition) is 7. The largest absolute Gasteiger partial charge is 0.474 e. The molecule has 0 aromatic carbocycles. The Labute approximate surface area is 207 Å². The minimum Gasteiger partial charge on any atom is -0.474 e. The average molecular weight is 528 g/mol. The lowest BCUT2D eigenvalue weighted by molar-refractivity contribution is 0.0602. The van der Waals surface area contributed by atoms with Gasteiger partial charge in [0.2, 0.25) is 21.9 Å². The first-order valence-corrected chi connectivity index (χ1v) is 13.3. The van der Waals surface area contributed by atoms with Crippen LogP contribution in [0.3, 0.4) is 0 Å². The van der Waals surface area contributed by atoms with E-state index in [1.807, 2.05) is 12.1 Å². The highest BCUT2D eigenvalue weighted by molar-refractivity contribution is 7.89. The molecule has 2 aromatic rings. The Morgan fingerprint density at radius 3 is 2.71 bits per heavy atom. The highest BCUT2D eigenvalue weighted by Gasteiger charge is 2.45. The van der Waals surface area contributed by atoms with Crippen LogP contribution in [0.1, 0.15) is 38.3 Å². The van der Waals surface area contributed by atoms with Gasteiger partial charge in [0.1, 0.15) is 17.9 Å². The van der Waals surface area contributed by atoms with E-state index in [9.17, 15) is 13.2 Å². The molecular weight excluding hydrogens is 502 g/mol. The number of carbonyl (C=O) groups is 1. The second-order valence-corrected chi connectivity index (χ2v) is 12.7. The van der Waals surface area contributed by atoms with Crippen LogP contribution in [0.5, 0.6) is 0 Å². The van der Waals surface area contributed by atoms with Gasteiger partial charge in [0, 0.05) is 7.05 Å². The summed E-state index contributed by atoms with van der Waals surface area (Å²) in [5, 5.41) is 3.50. The lowest BCUT2D eigenvalue weighted by Gasteiger charge is -2.39. The van der Waals surface area contributed by atoms with Gasteiger partial charge in [0.25, 0.3) is 0 Å². The van der Waals surface area contributed by atoms with E-state index in [0.717, 1.165) is 20.6 Å². The molecule has 13 heteroatoms. The first-order chi connectivity index (χ1) is 15.8. The van der Waals surface area contributed by atoms with Crippen LogP contribution in [0.2, 0.25) is 5.02 Å². The zero-order valence-corrected chi connectivity index (χ0v) is 21.8. The van der Waals surface area contributed by atoms with Crippen LogP contribution in [0.25, 0.3) is 10.6 Å². The first-order valence-electron chi connectivity index (χ1n) is 10.5. The standard InChI is InChI=1S/C21H26ClN5O5S2/c1-20(2,3)32-19(28)25-18-26-21(4,11-34(29,30)27(18)5)16-12(22)10-15(33-16)13-6-7-14(24-13)17-23-8-9-31-17/h6-7,10,24H,8-9,11H2,1-5H3,(H,25,26,28)/t21-/m0/s1. The number of H-pyrrole nitrogens is 1. The van der Waals surface area contributed by atoms with Crippen molar-refractivity contribution in [3.8, 4) is 10.6 Å². The predicted molar refractivity (Wildman–Crippen MR) is 132 cm³/mol. The summed E-state index contributed by atoms with van der Waals surface area (Å²) in [6.45, 7) is 8.00. The van der Waals surface area contributed by atoms with Crippen molar-refractivity contribution < 1.29 is 22.7 Å². The third-order valence-corrected chi connectivity index (χ3v) is 8.91. The van der Waals surface area contributed by atoms with Crippen LogP contribution in [-0.2, 0) is 25.0 Å². The summed E-state index contributed by atoms with van der Waals surface area (Å²) in [6, 6.07) is 5.54. The number of aliphatic imine (C=N–C) groups is 2. The summed E-state index contributed by atoms with van der Waals surface area (Å²) in [4.78, 5) is 25.2. The van der Waals surface area contributed by atoms with Crippen molar-refractivity contribution in [2.24, 2.45) is 9.98 Å². The molecule has 0 radical (unpaired) electrons. The van der Waals surface area contributed by atoms with E-state index in [4.69, 9.17) is 21.1 Å². The number of aromatic nitrogens is 1. The average Bonchev–Trinajstić information content (AvgIpc) is 3.43. The molecule has 2 N–H and O–H groups in total. The van der Waals surface area contributed by atoms with Crippen molar-refractivity contribution >= 4 is 50.9 Å². The van der Waals surface area contributed by atoms with E-state index in [0.29, 0.717) is 28.9 Å². The summed E-state index contributed by atoms with van der Waals surface area (Å²) >= 11 is 7.94. The van der Waals surface area contributed by atoms with Crippen molar-refractivity contribution in [1.29, 1.82) is 0 Å². The highest BCUT2D eigenvalue weighted by atomic mass is 35.5. The monoisotopic (exact) mass is 527 g/mol. The Morgan fingerprint density at radius 2 is 2.06 bits per heavy atom. The molecule has 1 fully saturated rings. The van der Waals surface area contributed by atoms with Crippen molar-refractivity contribution in [1.82, 2.24) is 14.6 Å². The Balaban J connectivity index is 1.67. The third kappa shape index (κ3) is 4.93. The molecule has 0 bridgehead atoms. The SMILES string of the molecule is CN1/C(=N/C(=O)OC(C)(C)C)N[C@](C)(c2sc(-c3ccc(C4=NCCO4)[nH]3)cc2Cl)CS1(=O)=O. The van der Waals surface area contributed by atoms with Gasteiger partial charge in [0.15, 0.2) is 0 Å². The number of sulfonamides is 1. The van der Waals surface area contributed by atoms with E-state index in [1.54, 1.807) is 33.8 Å². The van der Waals surface area contributed by atoms with Crippen molar-refractivity contribution in [2.45, 2.75) is 38.8 Å². The molecule has 0 aliphatic carbocycles. The topological polar surface area (TPSA) is 125 Å². The molecule has 0 unspecified atom stereocenters. The molecular formula is C21H26ClN5O5S2. The maximum atomic E-state index is 13.0. The molecule has 2 aliphatic heterocycles. The Hall–Kier alpha value is -2.57. The molecule has 1 amide bonds. The summed E-state index contributed by atoms with van der Waals surface area (Å²) in [5.74, 6) is 0.157. The molecule has 1 saturated heterocycles. The zero-order valence-electron chi connectivity index (χ0n) is 19.4. The quantitative estimate of drug-likeness (QED) is 0.628. The first kappa shape index (κ1) is 24.6. The number of aromatic amines is 1. The van der Waals surface area contributed by atoms with E-state index in [1.165, 1.54) is 18.4 Å². The maximum absolute atomic E-state index is 13.0. The molecule has 4 heterocycles. The second kappa shape index (κ2) is 8.58. The number of carbonyl (C=O) groups excluding carboxylic acids is 1. The molecule has 2 aliphatic rings. The highest BCUT2D eigenvalue weighted by Crippen LogP contribution is 2.42. The normalized spacial score (nSPS) is 23.4. The minimum absolute atomic E-state index is 0.132. The lowest BCUT2D eigenvalue weighted by atomic mass is 10.0. The van der Waals surface area contributed by atoms with E-state index in [2.05, 4.69) is 20.3 Å². The number of hydrogen-bond donors (Lipinski definition) is 2. The fourth-order valence-electron chi connectivity index (χ4n) is 3.59. The van der Waals surface area contributed by atoms with Crippen LogP contribution in [-0.4, -0.2) is 67.2 Å². The van der Waals surface area contributed by atoms with Gasteiger partial charge in [-0.2, -0.15) is 0 Å². The Morgan fingerprint density at radius 1 is 1.35 bits per heavy atom. The van der Waals surface area contributed by atoms with Crippen LogP contribution < -0.4 is 5.32 Å². The van der Waals surface area contributed by atoms with E-state index < -0.39 is 27.3 Å². The molecule has 0 saturated carbocycles. The van der Waals surface area contributed by atoms with Gasteiger partial charge in [-0.3, -0.25) is 0 Å². The number of ether oxygens (including phenoxy) is 2. The van der Waals surface area contributed by atoms with E-state index in [-0.39, 0.29) is 11.7 Å². The number of rotatable bonds is 3. The smallest absolute Gasteiger partial charge is 0.437 e. The van der Waals surface area contributed by atoms with Crippen molar-refractivity contribution in [3.63, 3.8) is 0 Å². The summed E-state index contributed by atoms with van der Waals surface area (Å²) in [7, 11) is -2.46. The predicted octanol–water partition coefficient (Wildman–Crippen LogP) is 3.54. The summed E-state index contributed by atoms with van der Waals surface area (Å²) in [5.41, 5.74) is -0.336. The Kier molecular flexibility index (Phi) is 6.19. The molecule has 10 nitrogen and oxygen atoms in total. The number of halogens is 1. The van der Waals surface area contributed by atoms with Gasteiger partial charge in [-0.1, -0.05) is 11.6 Å². The van der Waals surface area contributed by atoms with Gasteiger partial charge < -0.3 is 19.8 Å². The number of thiophene rings is 1. The van der Waals surface area contributed by atoms with Crippen LogP contribution in [0.4, 0.5) is 4.79 Å². The maximum Gasteiger partial charge on any atom is 0.437 e. The number of nitrogens with zero attached hydrogens (tertiary/aromatic N) is 3. The minimum atomic E-state index is -3.79. The van der Waals surface area contributed by atoms with Gasteiger partial charge in [-0.25, -0.2) is 22.5 Å². The van der Waals surface area contributed by atoms with Gasteiger partial charge in [0.05, 0.1) is 38.3 Å². The lowest BCUT2D eigenvalue weighted by Crippen LogP contribution is -2.61. The van der Waals surface area contributed by atoms with Crippen molar-refractivity contribution in [2.75, 3.05) is 26.0 Å². The molecule has 34 heavy (non-hydrogen) atoms. The van der Waals surface area contributed by atoms with Crippen LogP contribution in [0.15, 0.2) is 28.2 Å². The second-order valence-electron chi connectivity index (χ2n) is 9.21. The van der Waals surface area contributed by atoms with Crippen LogP contribution in [0, 0.1) is 0 Å². The Bertz CT molecular complexity index is 1290. The fourth-order valence-corrected chi connectivity index (χ4v) is 6.80. The third-order valence-electron chi connectivity index (χ3n) is 5.12. The molecule has 0 spiro atoms. The van der Waals surface area contributed by atoms with Crippen molar-refractivity contribution in [3.05, 3.63) is 33.8 Å². The van der Waals surface area contributed by atoms with Gasteiger partial charge in [-0.05, 0) is 45.9 Å². The number of amides is 1. The van der Waals surface area contributed by atoms with Gasteiger partial charge >= 0.3 is 6.09 Å².